The van der Waals surface area contributed by atoms with Crippen molar-refractivity contribution in [3.05, 3.63) is 43.2 Å². The predicted molar refractivity (Wildman–Crippen MR) is 72.8 cm³/mol. The van der Waals surface area contributed by atoms with Gasteiger partial charge in [0.2, 0.25) is 12.3 Å². The van der Waals surface area contributed by atoms with Crippen molar-refractivity contribution in [2.45, 2.75) is 0 Å². The van der Waals surface area contributed by atoms with Crippen molar-refractivity contribution in [2.24, 2.45) is 0 Å². The Morgan fingerprint density at radius 3 is 2.73 bits per heavy atom. The molecule has 9 nitrogen and oxygen atoms in total. The van der Waals surface area contributed by atoms with Crippen LogP contribution in [0.3, 0.4) is 0 Å². The van der Waals surface area contributed by atoms with E-state index >= 15 is 0 Å². The molecule has 1 radical (unpaired) electrons. The molecule has 22 heavy (non-hydrogen) atoms. The van der Waals surface area contributed by atoms with Gasteiger partial charge in [-0.25, -0.2) is 5.10 Å². The number of pyridine rings is 2. The number of aromatic amines is 1. The summed E-state index contributed by atoms with van der Waals surface area (Å²) in [5.74, 6) is 0.937. The molecule has 0 atom stereocenters. The van der Waals surface area contributed by atoms with Crippen LogP contribution in [-0.4, -0.2) is 40.8 Å². The largest absolute Gasteiger partial charge is 0.423 e. The Hall–Kier alpha value is -3.49. The molecule has 1 N–H and O–H groups in total. The lowest BCUT2D eigenvalue weighted by Crippen LogP contribution is -1.89. The fourth-order valence-corrected chi connectivity index (χ4v) is 1.91. The zero-order chi connectivity index (χ0) is 14.8. The molecule has 0 aromatic carbocycles. The second-order valence-electron chi connectivity index (χ2n) is 4.31. The Kier molecular flexibility index (Phi) is 2.86. The summed E-state index contributed by atoms with van der Waals surface area (Å²) in [6.45, 7) is 0. The van der Waals surface area contributed by atoms with Crippen LogP contribution < -0.4 is 0 Å². The monoisotopic (exact) mass is 291 g/mol. The van der Waals surface area contributed by atoms with Gasteiger partial charge in [0.25, 0.3) is 0 Å². The number of H-pyrrole nitrogens is 1. The first-order chi connectivity index (χ1) is 10.9. The highest BCUT2D eigenvalue weighted by molar-refractivity contribution is 5.66. The summed E-state index contributed by atoms with van der Waals surface area (Å²) in [5, 5.41) is 21.1. The average molecular weight is 291 g/mol. The van der Waals surface area contributed by atoms with Gasteiger partial charge in [-0.1, -0.05) is 0 Å². The average Bonchev–Trinajstić information content (AvgIpc) is 3.29. The molecule has 0 amide bonds. The number of nitrogens with one attached hydrogen (secondary N) is 1. The smallest absolute Gasteiger partial charge is 0.249 e. The number of rotatable bonds is 3. The normalized spacial score (nSPS) is 10.7. The van der Waals surface area contributed by atoms with Crippen LogP contribution in [0.4, 0.5) is 0 Å². The van der Waals surface area contributed by atoms with Crippen molar-refractivity contribution < 1.29 is 4.42 Å². The SMILES string of the molecule is [c]1cc(-c2nnco2)cnc1-c1cncc(-c2nnn[nH]2)c1. The van der Waals surface area contributed by atoms with Gasteiger partial charge in [0.1, 0.15) is 0 Å². The van der Waals surface area contributed by atoms with Gasteiger partial charge in [0.05, 0.1) is 11.3 Å². The van der Waals surface area contributed by atoms with Gasteiger partial charge in [0.15, 0.2) is 5.82 Å². The standard InChI is InChI=1S/C13H7N8O/c1-2-11(15-6-8(1)13-19-16-7-22-13)9-3-10(5-14-4-9)12-17-20-21-18-12/h1,3-7H,(H,17,18,20,21). The zero-order valence-corrected chi connectivity index (χ0v) is 11.0. The van der Waals surface area contributed by atoms with Crippen molar-refractivity contribution in [1.82, 2.24) is 40.8 Å². The lowest BCUT2D eigenvalue weighted by Gasteiger charge is -2.02. The van der Waals surface area contributed by atoms with Crippen LogP contribution in [0, 0.1) is 6.07 Å². The molecule has 0 spiro atoms. The van der Waals surface area contributed by atoms with E-state index in [2.05, 4.69) is 46.9 Å². The maximum Gasteiger partial charge on any atom is 0.249 e. The van der Waals surface area contributed by atoms with Crippen LogP contribution in [-0.2, 0) is 0 Å². The van der Waals surface area contributed by atoms with Gasteiger partial charge in [0, 0.05) is 35.8 Å². The molecule has 4 heterocycles. The molecule has 4 aromatic rings. The fourth-order valence-electron chi connectivity index (χ4n) is 1.91. The van der Waals surface area contributed by atoms with Gasteiger partial charge < -0.3 is 4.42 Å². The zero-order valence-electron chi connectivity index (χ0n) is 11.0. The summed E-state index contributed by atoms with van der Waals surface area (Å²) in [4.78, 5) is 8.52. The molecule has 4 rings (SSSR count). The highest BCUT2D eigenvalue weighted by Gasteiger charge is 2.08. The fraction of sp³-hybridized carbons (Fsp3) is 0. The highest BCUT2D eigenvalue weighted by Crippen LogP contribution is 2.23. The van der Waals surface area contributed by atoms with Crippen LogP contribution in [0.1, 0.15) is 0 Å². The lowest BCUT2D eigenvalue weighted by atomic mass is 10.1. The van der Waals surface area contributed by atoms with Crippen molar-refractivity contribution >= 4 is 0 Å². The summed E-state index contributed by atoms with van der Waals surface area (Å²) in [6.07, 6.45) is 6.26. The van der Waals surface area contributed by atoms with Crippen molar-refractivity contribution in [2.75, 3.05) is 0 Å². The molecule has 0 aliphatic rings. The maximum absolute atomic E-state index is 5.11. The van der Waals surface area contributed by atoms with E-state index in [1.807, 2.05) is 6.07 Å². The van der Waals surface area contributed by atoms with Crippen LogP contribution in [0.2, 0.25) is 0 Å². The quantitative estimate of drug-likeness (QED) is 0.597. The Labute approximate surface area is 123 Å². The second-order valence-corrected chi connectivity index (χ2v) is 4.31. The number of nitrogens with zero attached hydrogens (tertiary/aromatic N) is 7. The number of hydrogen-bond donors (Lipinski definition) is 1. The van der Waals surface area contributed by atoms with Crippen LogP contribution in [0.15, 0.2) is 41.5 Å². The Balaban J connectivity index is 1.69. The molecule has 4 aromatic heterocycles. The van der Waals surface area contributed by atoms with E-state index in [0.29, 0.717) is 23.0 Å². The molecular formula is C13H7N8O. The number of hydrogen-bond acceptors (Lipinski definition) is 8. The summed E-state index contributed by atoms with van der Waals surface area (Å²) in [5.41, 5.74) is 2.90. The molecule has 0 saturated heterocycles. The predicted octanol–water partition coefficient (Wildman–Crippen LogP) is 1.17. The number of tetrazole rings is 1. The molecule has 0 aliphatic heterocycles. The van der Waals surface area contributed by atoms with E-state index in [4.69, 9.17) is 4.42 Å². The third-order valence-electron chi connectivity index (χ3n) is 2.93. The lowest BCUT2D eigenvalue weighted by molar-refractivity contribution is 0.568. The summed E-state index contributed by atoms with van der Waals surface area (Å²) < 4.78 is 5.11. The van der Waals surface area contributed by atoms with E-state index in [1.54, 1.807) is 24.7 Å². The molecule has 9 heteroatoms. The Bertz CT molecular complexity index is 871. The van der Waals surface area contributed by atoms with Gasteiger partial charge in [-0.3, -0.25) is 9.97 Å². The van der Waals surface area contributed by atoms with Crippen LogP contribution in [0.5, 0.6) is 0 Å². The van der Waals surface area contributed by atoms with E-state index in [0.717, 1.165) is 11.1 Å². The van der Waals surface area contributed by atoms with Gasteiger partial charge in [-0.15, -0.1) is 15.3 Å². The molecular weight excluding hydrogens is 284 g/mol. The Morgan fingerprint density at radius 1 is 1.05 bits per heavy atom. The second kappa shape index (κ2) is 5.13. The minimum atomic E-state index is 0.398. The minimum absolute atomic E-state index is 0.398. The molecule has 105 valence electrons. The first-order valence-electron chi connectivity index (χ1n) is 6.24. The van der Waals surface area contributed by atoms with Gasteiger partial charge in [-0.05, 0) is 22.6 Å². The van der Waals surface area contributed by atoms with Crippen LogP contribution in [0.25, 0.3) is 34.1 Å². The van der Waals surface area contributed by atoms with E-state index in [1.165, 1.54) is 6.39 Å². The summed E-state index contributed by atoms with van der Waals surface area (Å²) in [6, 6.07) is 6.68. The minimum Gasteiger partial charge on any atom is -0.423 e. The van der Waals surface area contributed by atoms with Crippen molar-refractivity contribution in [3.8, 4) is 34.1 Å². The molecule has 0 bridgehead atoms. The molecule has 0 aliphatic carbocycles. The van der Waals surface area contributed by atoms with Crippen LogP contribution >= 0.6 is 0 Å². The Morgan fingerprint density at radius 2 is 2.00 bits per heavy atom. The maximum atomic E-state index is 5.11. The topological polar surface area (TPSA) is 119 Å². The summed E-state index contributed by atoms with van der Waals surface area (Å²) in [7, 11) is 0. The van der Waals surface area contributed by atoms with E-state index in [9.17, 15) is 0 Å². The molecule has 0 unspecified atom stereocenters. The first-order valence-corrected chi connectivity index (χ1v) is 6.24. The highest BCUT2D eigenvalue weighted by atomic mass is 16.4. The summed E-state index contributed by atoms with van der Waals surface area (Å²) >= 11 is 0. The van der Waals surface area contributed by atoms with Gasteiger partial charge in [-0.2, -0.15) is 0 Å². The first kappa shape index (κ1) is 12.3. The number of aromatic nitrogens is 8. The molecule has 0 fully saturated rings. The van der Waals surface area contributed by atoms with Gasteiger partial charge >= 0.3 is 0 Å². The van der Waals surface area contributed by atoms with Crippen molar-refractivity contribution in [1.29, 1.82) is 0 Å². The third kappa shape index (κ3) is 2.20. The molecule has 0 saturated carbocycles. The van der Waals surface area contributed by atoms with E-state index < -0.39 is 0 Å². The van der Waals surface area contributed by atoms with E-state index in [-0.39, 0.29) is 0 Å². The third-order valence-corrected chi connectivity index (χ3v) is 2.93. The van der Waals surface area contributed by atoms with Crippen molar-refractivity contribution in [3.63, 3.8) is 0 Å².